The Balaban J connectivity index is 1.71. The van der Waals surface area contributed by atoms with E-state index in [0.29, 0.717) is 12.4 Å². The van der Waals surface area contributed by atoms with Gasteiger partial charge in [0.2, 0.25) is 0 Å². The SMILES string of the molecule is Oc1cccc(N(Cc2ccc(F)cc2)c2cc(-c3ccccc3)[nH]n2)c1. The van der Waals surface area contributed by atoms with E-state index in [1.54, 1.807) is 30.3 Å². The molecule has 0 radical (unpaired) electrons. The maximum Gasteiger partial charge on any atom is 0.155 e. The molecule has 3 aromatic carbocycles. The fourth-order valence-electron chi connectivity index (χ4n) is 2.95. The van der Waals surface area contributed by atoms with E-state index in [1.807, 2.05) is 47.4 Å². The van der Waals surface area contributed by atoms with Crippen LogP contribution in [0.4, 0.5) is 15.9 Å². The molecule has 27 heavy (non-hydrogen) atoms. The number of anilines is 2. The Labute approximate surface area is 156 Å². The highest BCUT2D eigenvalue weighted by Crippen LogP contribution is 2.31. The van der Waals surface area contributed by atoms with Crippen molar-refractivity contribution in [1.82, 2.24) is 10.2 Å². The molecular formula is C22H18FN3O. The standard InChI is InChI=1S/C22H18FN3O/c23-18-11-9-16(10-12-18)15-26(19-7-4-8-20(27)13-19)22-14-21(24-25-22)17-5-2-1-3-6-17/h1-14,27H,15H2,(H,24,25). The fraction of sp³-hybridized carbons (Fsp3) is 0.0455. The van der Waals surface area contributed by atoms with Crippen LogP contribution in [-0.4, -0.2) is 15.3 Å². The molecule has 0 fully saturated rings. The third-order valence-electron chi connectivity index (χ3n) is 4.32. The zero-order chi connectivity index (χ0) is 18.6. The number of nitrogens with zero attached hydrogens (tertiary/aromatic N) is 2. The number of aromatic amines is 1. The Kier molecular flexibility index (Phi) is 4.58. The third kappa shape index (κ3) is 3.82. The Morgan fingerprint density at radius 2 is 1.67 bits per heavy atom. The van der Waals surface area contributed by atoms with E-state index in [1.165, 1.54) is 12.1 Å². The highest BCUT2D eigenvalue weighted by molar-refractivity contribution is 5.68. The van der Waals surface area contributed by atoms with Crippen LogP contribution in [0.1, 0.15) is 5.56 Å². The summed E-state index contributed by atoms with van der Waals surface area (Å²) in [4.78, 5) is 1.97. The number of nitrogens with one attached hydrogen (secondary N) is 1. The minimum atomic E-state index is -0.270. The van der Waals surface area contributed by atoms with Crippen LogP contribution in [0.2, 0.25) is 0 Å². The summed E-state index contributed by atoms with van der Waals surface area (Å²) in [6, 6.07) is 25.3. The molecule has 0 aliphatic carbocycles. The first-order chi connectivity index (χ1) is 13.2. The van der Waals surface area contributed by atoms with Crippen LogP contribution in [0.25, 0.3) is 11.3 Å². The number of hydrogen-bond acceptors (Lipinski definition) is 3. The van der Waals surface area contributed by atoms with Gasteiger partial charge < -0.3 is 10.0 Å². The van der Waals surface area contributed by atoms with Crippen molar-refractivity contribution in [2.45, 2.75) is 6.54 Å². The molecule has 134 valence electrons. The first kappa shape index (κ1) is 16.8. The highest BCUT2D eigenvalue weighted by atomic mass is 19.1. The predicted molar refractivity (Wildman–Crippen MR) is 104 cm³/mol. The molecule has 4 nitrogen and oxygen atoms in total. The maximum absolute atomic E-state index is 13.2. The lowest BCUT2D eigenvalue weighted by Gasteiger charge is -2.22. The predicted octanol–water partition coefficient (Wildman–Crippen LogP) is 5.26. The smallest absolute Gasteiger partial charge is 0.155 e. The molecule has 0 aliphatic heterocycles. The van der Waals surface area contributed by atoms with Crippen molar-refractivity contribution < 1.29 is 9.50 Å². The van der Waals surface area contributed by atoms with E-state index < -0.39 is 0 Å². The molecule has 0 saturated carbocycles. The molecule has 0 spiro atoms. The molecule has 0 atom stereocenters. The second-order valence-corrected chi connectivity index (χ2v) is 6.24. The van der Waals surface area contributed by atoms with Gasteiger partial charge in [-0.3, -0.25) is 5.10 Å². The van der Waals surface area contributed by atoms with Gasteiger partial charge in [0.1, 0.15) is 11.6 Å². The number of rotatable bonds is 5. The van der Waals surface area contributed by atoms with E-state index in [4.69, 9.17) is 0 Å². The molecule has 1 heterocycles. The summed E-state index contributed by atoms with van der Waals surface area (Å²) >= 11 is 0. The first-order valence-electron chi connectivity index (χ1n) is 8.61. The van der Waals surface area contributed by atoms with Gasteiger partial charge in [0.15, 0.2) is 5.82 Å². The summed E-state index contributed by atoms with van der Waals surface area (Å²) in [5.41, 5.74) is 3.66. The normalized spacial score (nSPS) is 10.7. The van der Waals surface area contributed by atoms with Crippen LogP contribution in [-0.2, 0) is 6.54 Å². The van der Waals surface area contributed by atoms with Crippen LogP contribution in [0.5, 0.6) is 5.75 Å². The van der Waals surface area contributed by atoms with Gasteiger partial charge in [-0.15, -0.1) is 0 Å². The number of hydrogen-bond donors (Lipinski definition) is 2. The summed E-state index contributed by atoms with van der Waals surface area (Å²) in [5.74, 6) is 0.619. The number of benzene rings is 3. The van der Waals surface area contributed by atoms with Gasteiger partial charge in [-0.05, 0) is 35.4 Å². The lowest BCUT2D eigenvalue weighted by Crippen LogP contribution is -2.16. The zero-order valence-electron chi connectivity index (χ0n) is 14.5. The van der Waals surface area contributed by atoms with Gasteiger partial charge >= 0.3 is 0 Å². The van der Waals surface area contributed by atoms with E-state index in [0.717, 1.165) is 22.5 Å². The van der Waals surface area contributed by atoms with Crippen molar-refractivity contribution in [3.8, 4) is 17.0 Å². The minimum absolute atomic E-state index is 0.176. The monoisotopic (exact) mass is 359 g/mol. The molecular weight excluding hydrogens is 341 g/mol. The molecule has 5 heteroatoms. The van der Waals surface area contributed by atoms with Crippen LogP contribution in [0, 0.1) is 5.82 Å². The number of phenolic OH excluding ortho intramolecular Hbond substituents is 1. The lowest BCUT2D eigenvalue weighted by atomic mass is 10.1. The largest absolute Gasteiger partial charge is 0.508 e. The second-order valence-electron chi connectivity index (χ2n) is 6.24. The molecule has 0 bridgehead atoms. The third-order valence-corrected chi connectivity index (χ3v) is 4.32. The van der Waals surface area contributed by atoms with E-state index in [2.05, 4.69) is 10.2 Å². The number of halogens is 1. The minimum Gasteiger partial charge on any atom is -0.508 e. The Morgan fingerprint density at radius 1 is 0.889 bits per heavy atom. The Morgan fingerprint density at radius 3 is 2.41 bits per heavy atom. The fourth-order valence-corrected chi connectivity index (χ4v) is 2.95. The Bertz CT molecular complexity index is 1030. The van der Waals surface area contributed by atoms with Crippen molar-refractivity contribution in [3.63, 3.8) is 0 Å². The first-order valence-corrected chi connectivity index (χ1v) is 8.61. The molecule has 4 rings (SSSR count). The molecule has 0 aliphatic rings. The summed E-state index contributed by atoms with van der Waals surface area (Å²) in [7, 11) is 0. The maximum atomic E-state index is 13.2. The van der Waals surface area contributed by atoms with Crippen LogP contribution < -0.4 is 4.90 Å². The summed E-state index contributed by atoms with van der Waals surface area (Å²) in [6.45, 7) is 0.489. The van der Waals surface area contributed by atoms with Gasteiger partial charge in [0, 0.05) is 24.4 Å². The van der Waals surface area contributed by atoms with E-state index in [-0.39, 0.29) is 11.6 Å². The van der Waals surface area contributed by atoms with Crippen molar-refractivity contribution in [2.24, 2.45) is 0 Å². The average Bonchev–Trinajstić information content (AvgIpc) is 3.18. The van der Waals surface area contributed by atoms with Gasteiger partial charge in [-0.1, -0.05) is 48.5 Å². The van der Waals surface area contributed by atoms with Gasteiger partial charge in [0.25, 0.3) is 0 Å². The number of phenols is 1. The summed E-state index contributed by atoms with van der Waals surface area (Å²) in [5, 5.41) is 17.4. The molecule has 2 N–H and O–H groups in total. The Hall–Kier alpha value is -3.60. The van der Waals surface area contributed by atoms with Gasteiger partial charge in [0.05, 0.1) is 5.69 Å². The number of aromatic nitrogens is 2. The van der Waals surface area contributed by atoms with E-state index >= 15 is 0 Å². The van der Waals surface area contributed by atoms with Crippen LogP contribution in [0.3, 0.4) is 0 Å². The molecule has 1 aromatic heterocycles. The van der Waals surface area contributed by atoms with E-state index in [9.17, 15) is 9.50 Å². The lowest BCUT2D eigenvalue weighted by molar-refractivity contribution is 0.475. The van der Waals surface area contributed by atoms with Crippen molar-refractivity contribution in [3.05, 3.63) is 96.3 Å². The quantitative estimate of drug-likeness (QED) is 0.511. The molecule has 0 unspecified atom stereocenters. The topological polar surface area (TPSA) is 52.1 Å². The van der Waals surface area contributed by atoms with Gasteiger partial charge in [-0.25, -0.2) is 4.39 Å². The average molecular weight is 359 g/mol. The molecule has 0 saturated heterocycles. The molecule has 4 aromatic rings. The van der Waals surface area contributed by atoms with Crippen molar-refractivity contribution in [1.29, 1.82) is 0 Å². The zero-order valence-corrected chi connectivity index (χ0v) is 14.5. The summed E-state index contributed by atoms with van der Waals surface area (Å²) < 4.78 is 13.2. The second kappa shape index (κ2) is 7.33. The van der Waals surface area contributed by atoms with Crippen molar-refractivity contribution >= 4 is 11.5 Å². The molecule has 0 amide bonds. The summed E-state index contributed by atoms with van der Waals surface area (Å²) in [6.07, 6.45) is 0. The van der Waals surface area contributed by atoms with Crippen molar-refractivity contribution in [2.75, 3.05) is 4.90 Å². The van der Waals surface area contributed by atoms with Gasteiger partial charge in [-0.2, -0.15) is 5.10 Å². The van der Waals surface area contributed by atoms with Crippen LogP contribution in [0.15, 0.2) is 84.9 Å². The highest BCUT2D eigenvalue weighted by Gasteiger charge is 2.15. The van der Waals surface area contributed by atoms with Crippen LogP contribution >= 0.6 is 0 Å². The number of aromatic hydroxyl groups is 1. The number of H-pyrrole nitrogens is 1.